The van der Waals surface area contributed by atoms with Gasteiger partial charge in [-0.1, -0.05) is 0 Å². The quantitative estimate of drug-likeness (QED) is 0.851. The molecule has 5 nitrogen and oxygen atoms in total. The van der Waals surface area contributed by atoms with Crippen LogP contribution in [0.1, 0.15) is 45.7 Å². The van der Waals surface area contributed by atoms with Crippen molar-refractivity contribution in [1.29, 1.82) is 0 Å². The number of hydrogen-bond acceptors (Lipinski definition) is 4. The van der Waals surface area contributed by atoms with E-state index >= 15 is 0 Å². The molecule has 0 radical (unpaired) electrons. The molecule has 0 saturated carbocycles. The average molecular weight is 271 g/mol. The Kier molecular flexibility index (Phi) is 3.89. The molecule has 1 aliphatic rings. The van der Waals surface area contributed by atoms with Crippen LogP contribution in [0.15, 0.2) is 6.20 Å². The Bertz CT molecular complexity index is 414. The highest BCUT2D eigenvalue weighted by Gasteiger charge is 2.30. The van der Waals surface area contributed by atoms with E-state index in [0.717, 1.165) is 31.0 Å². The molecule has 2 atom stereocenters. The van der Waals surface area contributed by atoms with Crippen molar-refractivity contribution in [3.63, 3.8) is 0 Å². The largest absolute Gasteiger partial charge is 0.598 e. The lowest BCUT2D eigenvalue weighted by Gasteiger charge is -2.26. The fraction of sp³-hybridized carbons (Fsp3) is 0.750. The van der Waals surface area contributed by atoms with Gasteiger partial charge in [-0.05, 0) is 27.7 Å². The summed E-state index contributed by atoms with van der Waals surface area (Å²) in [6, 6.07) is -0.0353. The molecule has 18 heavy (non-hydrogen) atoms. The van der Waals surface area contributed by atoms with E-state index in [1.807, 2.05) is 32.4 Å². The van der Waals surface area contributed by atoms with Crippen molar-refractivity contribution in [3.8, 4) is 5.88 Å². The van der Waals surface area contributed by atoms with Gasteiger partial charge in [0, 0.05) is 24.3 Å². The van der Waals surface area contributed by atoms with Crippen LogP contribution >= 0.6 is 0 Å². The van der Waals surface area contributed by atoms with Gasteiger partial charge in [-0.15, -0.1) is 4.72 Å². The molecule has 6 heteroatoms. The lowest BCUT2D eigenvalue weighted by molar-refractivity contribution is 0.227. The molecule has 0 amide bonds. The number of ether oxygens (including phenoxy) is 1. The smallest absolute Gasteiger partial charge is 0.216 e. The van der Waals surface area contributed by atoms with Gasteiger partial charge in [0.05, 0.1) is 24.4 Å². The van der Waals surface area contributed by atoms with E-state index in [-0.39, 0.29) is 10.8 Å². The molecule has 1 aromatic heterocycles. The second-order valence-electron chi connectivity index (χ2n) is 5.55. The Morgan fingerprint density at radius 1 is 1.56 bits per heavy atom. The first kappa shape index (κ1) is 13.7. The standard InChI is InChI=1S/C12H21N3O2S/c1-9(14-18(16)12(2,3)4)10-8-13-15-6-5-7-17-11(10)15/h8-9,14H,5-7H2,1-4H3/t9-,18?/m1/s1. The van der Waals surface area contributed by atoms with Gasteiger partial charge in [0.1, 0.15) is 4.75 Å². The second-order valence-corrected chi connectivity index (χ2v) is 7.55. The lowest BCUT2D eigenvalue weighted by Crippen LogP contribution is -2.40. The minimum atomic E-state index is -1.10. The predicted octanol–water partition coefficient (Wildman–Crippen LogP) is 1.78. The van der Waals surface area contributed by atoms with Gasteiger partial charge in [-0.25, -0.2) is 4.68 Å². The number of nitrogens with one attached hydrogen (secondary N) is 1. The van der Waals surface area contributed by atoms with Crippen LogP contribution in [0.3, 0.4) is 0 Å². The van der Waals surface area contributed by atoms with Gasteiger partial charge < -0.3 is 9.29 Å². The number of hydrogen-bond donors (Lipinski definition) is 1. The maximum atomic E-state index is 12.1. The van der Waals surface area contributed by atoms with Crippen molar-refractivity contribution in [3.05, 3.63) is 11.8 Å². The number of rotatable bonds is 3. The van der Waals surface area contributed by atoms with Crippen LogP contribution in [0.2, 0.25) is 0 Å². The van der Waals surface area contributed by atoms with Crippen molar-refractivity contribution >= 4 is 11.4 Å². The first-order chi connectivity index (χ1) is 8.39. The maximum Gasteiger partial charge on any atom is 0.216 e. The van der Waals surface area contributed by atoms with Crippen LogP contribution in [0.25, 0.3) is 0 Å². The van der Waals surface area contributed by atoms with E-state index in [2.05, 4.69) is 9.82 Å². The Morgan fingerprint density at radius 2 is 2.28 bits per heavy atom. The highest BCUT2D eigenvalue weighted by Crippen LogP contribution is 2.29. The van der Waals surface area contributed by atoms with Crippen LogP contribution < -0.4 is 9.46 Å². The van der Waals surface area contributed by atoms with Gasteiger partial charge in [0.2, 0.25) is 5.88 Å². The summed E-state index contributed by atoms with van der Waals surface area (Å²) in [5, 5.41) is 4.30. The third-order valence-electron chi connectivity index (χ3n) is 2.88. The molecule has 1 aliphatic heterocycles. The molecule has 2 rings (SSSR count). The Labute approximate surface area is 111 Å². The lowest BCUT2D eigenvalue weighted by atomic mass is 10.2. The summed E-state index contributed by atoms with van der Waals surface area (Å²) in [5.74, 6) is 0.812. The minimum Gasteiger partial charge on any atom is -0.598 e. The van der Waals surface area contributed by atoms with E-state index in [0.29, 0.717) is 0 Å². The van der Waals surface area contributed by atoms with Gasteiger partial charge in [-0.2, -0.15) is 5.10 Å². The SMILES string of the molecule is C[C@@H](N[S+]([O-])C(C)(C)C)c1cnn2c1OCCC2. The van der Waals surface area contributed by atoms with Crippen LogP contribution in [0, 0.1) is 0 Å². The Morgan fingerprint density at radius 3 is 2.94 bits per heavy atom. The van der Waals surface area contributed by atoms with Gasteiger partial charge in [0.25, 0.3) is 0 Å². The number of aryl methyl sites for hydroxylation is 1. The van der Waals surface area contributed by atoms with Gasteiger partial charge in [-0.3, -0.25) is 0 Å². The van der Waals surface area contributed by atoms with Crippen LogP contribution in [0.5, 0.6) is 5.88 Å². The molecule has 0 spiro atoms. The fourth-order valence-corrected chi connectivity index (χ4v) is 2.59. The monoisotopic (exact) mass is 271 g/mol. The average Bonchev–Trinajstić information content (AvgIpc) is 2.71. The van der Waals surface area contributed by atoms with Crippen molar-refractivity contribution in [2.75, 3.05) is 6.61 Å². The summed E-state index contributed by atoms with van der Waals surface area (Å²) >= 11 is -1.10. The third-order valence-corrected chi connectivity index (χ3v) is 4.56. The summed E-state index contributed by atoms with van der Waals surface area (Å²) in [7, 11) is 0. The predicted molar refractivity (Wildman–Crippen MR) is 71.8 cm³/mol. The molecule has 1 unspecified atom stereocenters. The molecular weight excluding hydrogens is 250 g/mol. The number of aromatic nitrogens is 2. The zero-order valence-corrected chi connectivity index (χ0v) is 12.2. The van der Waals surface area contributed by atoms with Gasteiger partial charge >= 0.3 is 0 Å². The highest BCUT2D eigenvalue weighted by atomic mass is 32.2. The number of fused-ring (bicyclic) bond motifs is 1. The summed E-state index contributed by atoms with van der Waals surface area (Å²) in [5.41, 5.74) is 0.979. The van der Waals surface area contributed by atoms with E-state index < -0.39 is 11.4 Å². The summed E-state index contributed by atoms with van der Waals surface area (Å²) < 4.78 is 22.4. The minimum absolute atomic E-state index is 0.0353. The Hall–Kier alpha value is -0.720. The molecule has 0 bridgehead atoms. The molecule has 0 aliphatic carbocycles. The van der Waals surface area contributed by atoms with Crippen molar-refractivity contribution in [1.82, 2.24) is 14.5 Å². The van der Waals surface area contributed by atoms with Crippen molar-refractivity contribution in [2.24, 2.45) is 0 Å². The van der Waals surface area contributed by atoms with Crippen LogP contribution in [-0.4, -0.2) is 25.7 Å². The zero-order chi connectivity index (χ0) is 13.3. The van der Waals surface area contributed by atoms with Crippen molar-refractivity contribution < 1.29 is 9.29 Å². The molecule has 0 fully saturated rings. The molecule has 1 aromatic rings. The molecule has 2 heterocycles. The topological polar surface area (TPSA) is 62.1 Å². The second kappa shape index (κ2) is 5.11. The Balaban J connectivity index is 2.10. The van der Waals surface area contributed by atoms with E-state index in [1.165, 1.54) is 0 Å². The molecule has 0 saturated heterocycles. The summed E-state index contributed by atoms with van der Waals surface area (Å²) in [6.45, 7) is 9.46. The summed E-state index contributed by atoms with van der Waals surface area (Å²) in [6.07, 6.45) is 2.79. The van der Waals surface area contributed by atoms with E-state index in [9.17, 15) is 4.55 Å². The van der Waals surface area contributed by atoms with Crippen molar-refractivity contribution in [2.45, 2.75) is 51.4 Å². The molecular formula is C12H21N3O2S. The maximum absolute atomic E-state index is 12.1. The van der Waals surface area contributed by atoms with Crippen LogP contribution in [0.4, 0.5) is 0 Å². The van der Waals surface area contributed by atoms with E-state index in [1.54, 1.807) is 6.20 Å². The van der Waals surface area contributed by atoms with Gasteiger partial charge in [0.15, 0.2) is 0 Å². The normalized spacial score (nSPS) is 18.9. The fourth-order valence-electron chi connectivity index (χ4n) is 1.79. The molecule has 0 aromatic carbocycles. The first-order valence-electron chi connectivity index (χ1n) is 6.26. The zero-order valence-electron chi connectivity index (χ0n) is 11.4. The first-order valence-corrected chi connectivity index (χ1v) is 7.41. The van der Waals surface area contributed by atoms with Crippen LogP contribution in [-0.2, 0) is 17.9 Å². The summed E-state index contributed by atoms with van der Waals surface area (Å²) in [4.78, 5) is 0. The third kappa shape index (κ3) is 2.81. The highest BCUT2D eigenvalue weighted by molar-refractivity contribution is 7.90. The number of nitrogens with zero attached hydrogens (tertiary/aromatic N) is 2. The molecule has 102 valence electrons. The van der Waals surface area contributed by atoms with E-state index in [4.69, 9.17) is 4.74 Å². The molecule has 1 N–H and O–H groups in total.